The summed E-state index contributed by atoms with van der Waals surface area (Å²) in [6.07, 6.45) is 8.42. The molecule has 6 nitrogen and oxygen atoms in total. The van der Waals surface area contributed by atoms with E-state index in [9.17, 15) is 13.2 Å². The Balaban J connectivity index is 1.30. The fourth-order valence-corrected chi connectivity index (χ4v) is 5.72. The minimum atomic E-state index is -3.43. The summed E-state index contributed by atoms with van der Waals surface area (Å²) in [5, 5.41) is 3.62. The van der Waals surface area contributed by atoms with Crippen LogP contribution >= 0.6 is 11.3 Å². The second-order valence-electron chi connectivity index (χ2n) is 7.54. The lowest BCUT2D eigenvalue weighted by molar-refractivity contribution is -0.116. The number of sulfonamides is 1. The number of benzene rings is 1. The molecule has 2 aliphatic carbocycles. The summed E-state index contributed by atoms with van der Waals surface area (Å²) < 4.78 is 27.0. The van der Waals surface area contributed by atoms with Crippen molar-refractivity contribution in [2.45, 2.75) is 68.7 Å². The van der Waals surface area contributed by atoms with Crippen molar-refractivity contribution in [2.24, 2.45) is 0 Å². The SMILES string of the molecule is O=C(CCc1ccc(S(=O)(=O)NC2CC2)cc1)Nc1nc2c(s1)CCCCC2. The lowest BCUT2D eigenvalue weighted by Crippen LogP contribution is -2.25. The monoisotopic (exact) mass is 419 g/mol. The molecule has 4 rings (SSSR count). The van der Waals surface area contributed by atoms with Gasteiger partial charge in [-0.15, -0.1) is 11.3 Å². The zero-order valence-corrected chi connectivity index (χ0v) is 17.4. The first kappa shape index (κ1) is 19.5. The van der Waals surface area contributed by atoms with Gasteiger partial charge in [-0.1, -0.05) is 18.6 Å². The number of fused-ring (bicyclic) bond motifs is 1. The van der Waals surface area contributed by atoms with E-state index < -0.39 is 10.0 Å². The Morgan fingerprint density at radius 3 is 2.61 bits per heavy atom. The number of aromatic nitrogens is 1. The second-order valence-corrected chi connectivity index (χ2v) is 10.3. The van der Waals surface area contributed by atoms with Crippen LogP contribution in [0.4, 0.5) is 5.13 Å². The molecule has 0 spiro atoms. The number of rotatable bonds is 7. The number of hydrogen-bond acceptors (Lipinski definition) is 5. The Hall–Kier alpha value is -1.77. The number of nitrogens with one attached hydrogen (secondary N) is 2. The van der Waals surface area contributed by atoms with Gasteiger partial charge >= 0.3 is 0 Å². The minimum Gasteiger partial charge on any atom is -0.302 e. The number of hydrogen-bond donors (Lipinski definition) is 2. The van der Waals surface area contributed by atoms with Crippen molar-refractivity contribution in [2.75, 3.05) is 5.32 Å². The van der Waals surface area contributed by atoms with E-state index >= 15 is 0 Å². The quantitative estimate of drug-likeness (QED) is 0.673. The van der Waals surface area contributed by atoms with Gasteiger partial charge in [-0.2, -0.15) is 0 Å². The van der Waals surface area contributed by atoms with Crippen LogP contribution < -0.4 is 10.0 Å². The molecule has 1 aromatic carbocycles. The molecule has 2 aromatic rings. The highest BCUT2D eigenvalue weighted by atomic mass is 32.2. The zero-order chi connectivity index (χ0) is 19.6. The average molecular weight is 420 g/mol. The minimum absolute atomic E-state index is 0.0593. The maximum Gasteiger partial charge on any atom is 0.240 e. The molecular weight excluding hydrogens is 394 g/mol. The second kappa shape index (κ2) is 8.31. The van der Waals surface area contributed by atoms with Crippen LogP contribution in [0, 0.1) is 0 Å². The summed E-state index contributed by atoms with van der Waals surface area (Å²) in [4.78, 5) is 18.4. The predicted octanol–water partition coefficient (Wildman–Crippen LogP) is 3.42. The van der Waals surface area contributed by atoms with Crippen molar-refractivity contribution in [3.8, 4) is 0 Å². The number of amides is 1. The smallest absolute Gasteiger partial charge is 0.240 e. The van der Waals surface area contributed by atoms with Gasteiger partial charge in [-0.25, -0.2) is 18.1 Å². The summed E-state index contributed by atoms with van der Waals surface area (Å²) in [7, 11) is -3.43. The average Bonchev–Trinajstić information content (AvgIpc) is 3.43. The first-order valence-electron chi connectivity index (χ1n) is 9.89. The van der Waals surface area contributed by atoms with E-state index in [4.69, 9.17) is 0 Å². The molecule has 1 heterocycles. The third-order valence-corrected chi connectivity index (χ3v) is 7.72. The summed E-state index contributed by atoms with van der Waals surface area (Å²) in [5.74, 6) is -0.0593. The van der Waals surface area contributed by atoms with Crippen molar-refractivity contribution >= 4 is 32.4 Å². The van der Waals surface area contributed by atoms with Gasteiger partial charge in [-0.05, 0) is 62.6 Å². The number of aryl methyl sites for hydroxylation is 3. The fraction of sp³-hybridized carbons (Fsp3) is 0.500. The van der Waals surface area contributed by atoms with Gasteiger partial charge in [0.15, 0.2) is 5.13 Å². The Morgan fingerprint density at radius 1 is 1.11 bits per heavy atom. The molecule has 0 bridgehead atoms. The Bertz CT molecular complexity index is 924. The maximum atomic E-state index is 12.3. The molecule has 2 N–H and O–H groups in total. The normalized spacial score (nSPS) is 17.0. The Kier molecular flexibility index (Phi) is 5.80. The van der Waals surface area contributed by atoms with Gasteiger partial charge in [0, 0.05) is 17.3 Å². The van der Waals surface area contributed by atoms with Gasteiger partial charge < -0.3 is 5.32 Å². The molecule has 1 fully saturated rings. The molecule has 8 heteroatoms. The van der Waals surface area contributed by atoms with Crippen LogP contribution in [0.1, 0.15) is 54.7 Å². The highest BCUT2D eigenvalue weighted by Crippen LogP contribution is 2.29. The van der Waals surface area contributed by atoms with Gasteiger partial charge in [-0.3, -0.25) is 4.79 Å². The lowest BCUT2D eigenvalue weighted by atomic mass is 10.1. The highest BCUT2D eigenvalue weighted by molar-refractivity contribution is 7.89. The molecule has 2 aliphatic rings. The third-order valence-electron chi connectivity index (χ3n) is 5.12. The molecule has 1 amide bonds. The van der Waals surface area contributed by atoms with Crippen LogP contribution in [0.3, 0.4) is 0 Å². The van der Waals surface area contributed by atoms with Crippen molar-refractivity contribution in [3.05, 3.63) is 40.4 Å². The van der Waals surface area contributed by atoms with Gasteiger partial charge in [0.1, 0.15) is 0 Å². The van der Waals surface area contributed by atoms with Crippen molar-refractivity contribution in [1.29, 1.82) is 0 Å². The summed E-state index contributed by atoms with van der Waals surface area (Å²) >= 11 is 1.60. The zero-order valence-electron chi connectivity index (χ0n) is 15.7. The van der Waals surface area contributed by atoms with Gasteiger partial charge in [0.05, 0.1) is 10.6 Å². The van der Waals surface area contributed by atoms with Crippen LogP contribution in [-0.2, 0) is 34.1 Å². The van der Waals surface area contributed by atoms with E-state index in [1.807, 2.05) is 0 Å². The summed E-state index contributed by atoms with van der Waals surface area (Å²) in [6.45, 7) is 0. The van der Waals surface area contributed by atoms with E-state index in [0.29, 0.717) is 18.0 Å². The summed E-state index contributed by atoms with van der Waals surface area (Å²) in [5.41, 5.74) is 2.09. The van der Waals surface area contributed by atoms with E-state index in [0.717, 1.165) is 36.9 Å². The van der Waals surface area contributed by atoms with Crippen molar-refractivity contribution in [3.63, 3.8) is 0 Å². The molecular formula is C20H25N3O3S2. The number of carbonyl (C=O) groups excluding carboxylic acids is 1. The number of carbonyl (C=O) groups is 1. The summed E-state index contributed by atoms with van der Waals surface area (Å²) in [6, 6.07) is 6.86. The molecule has 1 saturated carbocycles. The predicted molar refractivity (Wildman–Crippen MR) is 110 cm³/mol. The molecule has 150 valence electrons. The van der Waals surface area contributed by atoms with Crippen LogP contribution in [0.5, 0.6) is 0 Å². The Labute approximate surface area is 169 Å². The highest BCUT2D eigenvalue weighted by Gasteiger charge is 2.27. The van der Waals surface area contributed by atoms with Gasteiger partial charge in [0.25, 0.3) is 0 Å². The Morgan fingerprint density at radius 2 is 1.86 bits per heavy atom. The van der Waals surface area contributed by atoms with Crippen LogP contribution in [0.25, 0.3) is 0 Å². The van der Waals surface area contributed by atoms with E-state index in [2.05, 4.69) is 15.0 Å². The molecule has 0 unspecified atom stereocenters. The molecule has 28 heavy (non-hydrogen) atoms. The van der Waals surface area contributed by atoms with E-state index in [1.54, 1.807) is 35.6 Å². The first-order chi connectivity index (χ1) is 13.5. The molecule has 1 aromatic heterocycles. The standard InChI is InChI=1S/C20H25N3O3S2/c24-19(22-20-21-17-4-2-1-3-5-18(17)27-20)13-8-14-6-11-16(12-7-14)28(25,26)23-15-9-10-15/h6-7,11-12,15,23H,1-5,8-10,13H2,(H,21,22,24). The van der Waals surface area contributed by atoms with Crippen LogP contribution in [0.15, 0.2) is 29.2 Å². The third kappa shape index (κ3) is 4.98. The molecule has 0 aliphatic heterocycles. The first-order valence-corrected chi connectivity index (χ1v) is 12.2. The number of nitrogens with zero attached hydrogens (tertiary/aromatic N) is 1. The van der Waals surface area contributed by atoms with Crippen LogP contribution in [-0.4, -0.2) is 25.4 Å². The largest absolute Gasteiger partial charge is 0.302 e. The molecule has 0 radical (unpaired) electrons. The van der Waals surface area contributed by atoms with E-state index in [-0.39, 0.29) is 16.8 Å². The van der Waals surface area contributed by atoms with Crippen molar-refractivity contribution < 1.29 is 13.2 Å². The molecule has 0 atom stereocenters. The number of thiazole rings is 1. The topological polar surface area (TPSA) is 88.2 Å². The maximum absolute atomic E-state index is 12.3. The van der Waals surface area contributed by atoms with E-state index in [1.165, 1.54) is 24.1 Å². The number of anilines is 1. The lowest BCUT2D eigenvalue weighted by Gasteiger charge is -2.07. The van der Waals surface area contributed by atoms with Crippen LogP contribution in [0.2, 0.25) is 0 Å². The fourth-order valence-electron chi connectivity index (χ4n) is 3.35. The van der Waals surface area contributed by atoms with Gasteiger partial charge in [0.2, 0.25) is 15.9 Å². The molecule has 0 saturated heterocycles. The van der Waals surface area contributed by atoms with Crippen molar-refractivity contribution in [1.82, 2.24) is 9.71 Å².